The van der Waals surface area contributed by atoms with Gasteiger partial charge in [-0.3, -0.25) is 4.98 Å². The molecule has 0 aliphatic carbocycles. The molecular weight excluding hydrogens is 291 g/mol. The molecule has 0 fully saturated rings. The molecule has 100 valence electrons. The number of anilines is 1. The van der Waals surface area contributed by atoms with Crippen LogP contribution in [-0.4, -0.2) is 4.98 Å². The Kier molecular flexibility index (Phi) is 3.77. The molecule has 0 saturated heterocycles. The fourth-order valence-corrected chi connectivity index (χ4v) is 2.54. The lowest BCUT2D eigenvalue weighted by atomic mass is 10.1. The fraction of sp³-hybridized carbons (Fsp3) is 0.0625. The second-order valence-electron chi connectivity index (χ2n) is 4.47. The van der Waals surface area contributed by atoms with Crippen molar-refractivity contribution in [1.82, 2.24) is 4.98 Å². The molecule has 1 N–H and O–H groups in total. The molecule has 1 aromatic heterocycles. The van der Waals surface area contributed by atoms with Crippen molar-refractivity contribution in [2.24, 2.45) is 0 Å². The van der Waals surface area contributed by atoms with Gasteiger partial charge in [-0.1, -0.05) is 35.3 Å². The minimum atomic E-state index is 0.672. The molecule has 0 aliphatic heterocycles. The van der Waals surface area contributed by atoms with Crippen molar-refractivity contribution in [3.63, 3.8) is 0 Å². The molecule has 2 nitrogen and oxygen atoms in total. The summed E-state index contributed by atoms with van der Waals surface area (Å²) in [5.41, 5.74) is 3.01. The number of hydrogen-bond acceptors (Lipinski definition) is 2. The number of rotatable bonds is 3. The summed E-state index contributed by atoms with van der Waals surface area (Å²) in [6, 6.07) is 15.4. The molecule has 0 radical (unpaired) electrons. The van der Waals surface area contributed by atoms with Gasteiger partial charge >= 0.3 is 0 Å². The van der Waals surface area contributed by atoms with Crippen LogP contribution in [0.4, 0.5) is 5.69 Å². The Labute approximate surface area is 127 Å². The van der Waals surface area contributed by atoms with Gasteiger partial charge in [0.2, 0.25) is 0 Å². The number of halogens is 2. The molecule has 1 heterocycles. The Hall–Kier alpha value is -1.77. The van der Waals surface area contributed by atoms with E-state index >= 15 is 0 Å². The number of benzene rings is 2. The van der Waals surface area contributed by atoms with Crippen molar-refractivity contribution in [2.75, 3.05) is 5.32 Å². The number of nitrogens with one attached hydrogen (secondary N) is 1. The van der Waals surface area contributed by atoms with Crippen LogP contribution in [0.25, 0.3) is 10.9 Å². The van der Waals surface area contributed by atoms with Crippen molar-refractivity contribution in [3.05, 3.63) is 70.3 Å². The molecule has 3 rings (SSSR count). The minimum Gasteiger partial charge on any atom is -0.381 e. The molecule has 0 amide bonds. The smallest absolute Gasteiger partial charge is 0.0766 e. The average Bonchev–Trinajstić information content (AvgIpc) is 2.47. The standard InChI is InChI=1S/C16H12Cl2N2/c17-12-3-1-4-13(9-12)20-10-11-6-7-15(18)14-5-2-8-19-16(11)14/h1-9,20H,10H2. The van der Waals surface area contributed by atoms with Crippen molar-refractivity contribution in [2.45, 2.75) is 6.54 Å². The SMILES string of the molecule is Clc1cccc(NCc2ccc(Cl)c3cccnc23)c1. The summed E-state index contributed by atoms with van der Waals surface area (Å²) in [6.45, 7) is 0.672. The van der Waals surface area contributed by atoms with Crippen molar-refractivity contribution in [3.8, 4) is 0 Å². The second-order valence-corrected chi connectivity index (χ2v) is 5.31. The summed E-state index contributed by atoms with van der Waals surface area (Å²) in [4.78, 5) is 4.42. The van der Waals surface area contributed by atoms with Crippen molar-refractivity contribution in [1.29, 1.82) is 0 Å². The lowest BCUT2D eigenvalue weighted by Gasteiger charge is -2.10. The van der Waals surface area contributed by atoms with Crippen LogP contribution in [-0.2, 0) is 6.54 Å². The third-order valence-corrected chi connectivity index (χ3v) is 3.67. The van der Waals surface area contributed by atoms with Crippen molar-refractivity contribution < 1.29 is 0 Å². The predicted molar refractivity (Wildman–Crippen MR) is 85.5 cm³/mol. The molecule has 0 unspecified atom stereocenters. The van der Waals surface area contributed by atoms with Gasteiger partial charge in [0, 0.05) is 33.9 Å². The van der Waals surface area contributed by atoms with Gasteiger partial charge in [-0.05, 0) is 42.0 Å². The largest absolute Gasteiger partial charge is 0.381 e. The number of fused-ring (bicyclic) bond motifs is 1. The maximum atomic E-state index is 6.19. The summed E-state index contributed by atoms with van der Waals surface area (Å²) >= 11 is 12.2. The molecule has 0 aliphatic rings. The Morgan fingerprint density at radius 1 is 1.00 bits per heavy atom. The first-order chi connectivity index (χ1) is 9.74. The van der Waals surface area contributed by atoms with Crippen LogP contribution in [0.1, 0.15) is 5.56 Å². The monoisotopic (exact) mass is 302 g/mol. The van der Waals surface area contributed by atoms with E-state index in [9.17, 15) is 0 Å². The van der Waals surface area contributed by atoms with Gasteiger partial charge in [0.05, 0.1) is 5.52 Å². The first-order valence-electron chi connectivity index (χ1n) is 6.25. The van der Waals surface area contributed by atoms with E-state index in [1.807, 2.05) is 48.5 Å². The molecule has 4 heteroatoms. The van der Waals surface area contributed by atoms with Gasteiger partial charge in [-0.15, -0.1) is 0 Å². The van der Waals surface area contributed by atoms with Crippen LogP contribution in [0.2, 0.25) is 10.0 Å². The van der Waals surface area contributed by atoms with E-state index in [2.05, 4.69) is 10.3 Å². The van der Waals surface area contributed by atoms with Crippen LogP contribution in [0.5, 0.6) is 0 Å². The van der Waals surface area contributed by atoms with Crippen LogP contribution >= 0.6 is 23.2 Å². The van der Waals surface area contributed by atoms with E-state index in [-0.39, 0.29) is 0 Å². The maximum absolute atomic E-state index is 6.19. The first kappa shape index (κ1) is 13.2. The minimum absolute atomic E-state index is 0.672. The Morgan fingerprint density at radius 3 is 2.75 bits per heavy atom. The quantitative estimate of drug-likeness (QED) is 0.723. The molecule has 0 bridgehead atoms. The van der Waals surface area contributed by atoms with Gasteiger partial charge < -0.3 is 5.32 Å². The fourth-order valence-electron chi connectivity index (χ4n) is 2.13. The highest BCUT2D eigenvalue weighted by Crippen LogP contribution is 2.25. The molecular formula is C16H12Cl2N2. The number of pyridine rings is 1. The number of hydrogen-bond donors (Lipinski definition) is 1. The van der Waals surface area contributed by atoms with Crippen LogP contribution in [0.15, 0.2) is 54.7 Å². The third-order valence-electron chi connectivity index (χ3n) is 3.11. The highest BCUT2D eigenvalue weighted by atomic mass is 35.5. The van der Waals surface area contributed by atoms with Crippen LogP contribution in [0, 0.1) is 0 Å². The summed E-state index contributed by atoms with van der Waals surface area (Å²) in [5.74, 6) is 0. The zero-order chi connectivity index (χ0) is 13.9. The molecule has 0 spiro atoms. The zero-order valence-corrected chi connectivity index (χ0v) is 12.1. The third kappa shape index (κ3) is 2.72. The Morgan fingerprint density at radius 2 is 1.90 bits per heavy atom. The molecule has 20 heavy (non-hydrogen) atoms. The average molecular weight is 303 g/mol. The van der Waals surface area contributed by atoms with E-state index in [4.69, 9.17) is 23.2 Å². The van der Waals surface area contributed by atoms with E-state index < -0.39 is 0 Å². The maximum Gasteiger partial charge on any atom is 0.0766 e. The number of aromatic nitrogens is 1. The normalized spacial score (nSPS) is 10.7. The van der Waals surface area contributed by atoms with E-state index in [0.29, 0.717) is 11.6 Å². The number of nitrogens with zero attached hydrogens (tertiary/aromatic N) is 1. The highest BCUT2D eigenvalue weighted by Gasteiger charge is 2.05. The van der Waals surface area contributed by atoms with Gasteiger partial charge in [-0.2, -0.15) is 0 Å². The van der Waals surface area contributed by atoms with E-state index in [1.54, 1.807) is 6.20 Å². The molecule has 2 aromatic carbocycles. The lowest BCUT2D eigenvalue weighted by Crippen LogP contribution is -2.00. The first-order valence-corrected chi connectivity index (χ1v) is 7.01. The van der Waals surface area contributed by atoms with Gasteiger partial charge in [-0.25, -0.2) is 0 Å². The van der Waals surface area contributed by atoms with Gasteiger partial charge in [0.15, 0.2) is 0 Å². The predicted octanol–water partition coefficient (Wildman–Crippen LogP) is 5.15. The molecule has 3 aromatic rings. The van der Waals surface area contributed by atoms with E-state index in [1.165, 1.54) is 0 Å². The lowest BCUT2D eigenvalue weighted by molar-refractivity contribution is 1.15. The molecule has 0 atom stereocenters. The van der Waals surface area contributed by atoms with Crippen LogP contribution < -0.4 is 5.32 Å². The Bertz CT molecular complexity index is 756. The van der Waals surface area contributed by atoms with E-state index in [0.717, 1.165) is 27.2 Å². The second kappa shape index (κ2) is 5.70. The molecule has 0 saturated carbocycles. The summed E-state index contributed by atoms with van der Waals surface area (Å²) in [6.07, 6.45) is 1.78. The van der Waals surface area contributed by atoms with Crippen molar-refractivity contribution >= 4 is 39.8 Å². The topological polar surface area (TPSA) is 24.9 Å². The summed E-state index contributed by atoms with van der Waals surface area (Å²) in [7, 11) is 0. The zero-order valence-electron chi connectivity index (χ0n) is 10.6. The van der Waals surface area contributed by atoms with Crippen LogP contribution in [0.3, 0.4) is 0 Å². The Balaban J connectivity index is 1.90. The van der Waals surface area contributed by atoms with Gasteiger partial charge in [0.1, 0.15) is 0 Å². The van der Waals surface area contributed by atoms with Gasteiger partial charge in [0.25, 0.3) is 0 Å². The summed E-state index contributed by atoms with van der Waals surface area (Å²) in [5, 5.41) is 5.76. The highest BCUT2D eigenvalue weighted by molar-refractivity contribution is 6.35. The summed E-state index contributed by atoms with van der Waals surface area (Å²) < 4.78 is 0.